The molecule has 1 aromatic heterocycles. The van der Waals surface area contributed by atoms with E-state index in [1.807, 2.05) is 39.1 Å². The van der Waals surface area contributed by atoms with Gasteiger partial charge >= 0.3 is 0 Å². The summed E-state index contributed by atoms with van der Waals surface area (Å²) in [6.45, 7) is 4.72. The first-order valence-corrected chi connectivity index (χ1v) is 6.11. The Bertz CT molecular complexity index is 534. The standard InChI is InChI=1S/C14H18FN3/c1-4-16-14(11-7-5-6-8-12(11)15)13-9-10(2)17-18(13)3/h5-9,14,16H,4H2,1-3H3. The van der Waals surface area contributed by atoms with Crippen molar-refractivity contribution >= 4 is 0 Å². The highest BCUT2D eigenvalue weighted by atomic mass is 19.1. The predicted molar refractivity (Wildman–Crippen MR) is 69.9 cm³/mol. The normalized spacial score (nSPS) is 12.7. The van der Waals surface area contributed by atoms with Gasteiger partial charge in [-0.25, -0.2) is 4.39 Å². The van der Waals surface area contributed by atoms with Gasteiger partial charge in [0.2, 0.25) is 0 Å². The zero-order valence-corrected chi connectivity index (χ0v) is 10.9. The molecule has 2 rings (SSSR count). The predicted octanol–water partition coefficient (Wildman–Crippen LogP) is 2.57. The fraction of sp³-hybridized carbons (Fsp3) is 0.357. The van der Waals surface area contributed by atoms with Crippen molar-refractivity contribution in [3.8, 4) is 0 Å². The van der Waals surface area contributed by atoms with Gasteiger partial charge in [0.25, 0.3) is 0 Å². The summed E-state index contributed by atoms with van der Waals surface area (Å²) in [4.78, 5) is 0. The van der Waals surface area contributed by atoms with Crippen molar-refractivity contribution in [1.29, 1.82) is 0 Å². The van der Waals surface area contributed by atoms with Crippen LogP contribution in [-0.4, -0.2) is 16.3 Å². The van der Waals surface area contributed by atoms with Crippen molar-refractivity contribution in [3.63, 3.8) is 0 Å². The van der Waals surface area contributed by atoms with E-state index in [-0.39, 0.29) is 11.9 Å². The van der Waals surface area contributed by atoms with E-state index in [1.54, 1.807) is 10.7 Å². The summed E-state index contributed by atoms with van der Waals surface area (Å²) in [6.07, 6.45) is 0. The first kappa shape index (κ1) is 12.8. The number of nitrogens with zero attached hydrogens (tertiary/aromatic N) is 2. The molecule has 1 atom stereocenters. The highest BCUT2D eigenvalue weighted by molar-refractivity contribution is 5.30. The molecule has 96 valence electrons. The molecule has 0 aliphatic heterocycles. The molecular formula is C14H18FN3. The van der Waals surface area contributed by atoms with Crippen molar-refractivity contribution in [2.24, 2.45) is 7.05 Å². The Balaban J connectivity index is 2.46. The molecular weight excluding hydrogens is 229 g/mol. The van der Waals surface area contributed by atoms with Crippen molar-refractivity contribution in [3.05, 3.63) is 53.1 Å². The van der Waals surface area contributed by atoms with Gasteiger partial charge in [0.1, 0.15) is 5.82 Å². The second-order valence-electron chi connectivity index (χ2n) is 4.35. The zero-order chi connectivity index (χ0) is 13.1. The number of hydrogen-bond donors (Lipinski definition) is 1. The smallest absolute Gasteiger partial charge is 0.128 e. The van der Waals surface area contributed by atoms with Crippen LogP contribution in [0.3, 0.4) is 0 Å². The van der Waals surface area contributed by atoms with E-state index in [4.69, 9.17) is 0 Å². The molecule has 18 heavy (non-hydrogen) atoms. The minimum atomic E-state index is -0.192. The SMILES string of the molecule is CCNC(c1ccccc1F)c1cc(C)nn1C. The summed E-state index contributed by atoms with van der Waals surface area (Å²) in [5.74, 6) is -0.192. The molecule has 0 aliphatic carbocycles. The maximum atomic E-state index is 13.9. The average Bonchev–Trinajstić information content (AvgIpc) is 2.66. The number of hydrogen-bond acceptors (Lipinski definition) is 2. The maximum absolute atomic E-state index is 13.9. The Morgan fingerprint density at radius 3 is 2.67 bits per heavy atom. The molecule has 0 aliphatic rings. The van der Waals surface area contributed by atoms with Crippen LogP contribution in [0.4, 0.5) is 4.39 Å². The van der Waals surface area contributed by atoms with Gasteiger partial charge in [-0.05, 0) is 25.6 Å². The topological polar surface area (TPSA) is 29.9 Å². The fourth-order valence-corrected chi connectivity index (χ4v) is 2.19. The van der Waals surface area contributed by atoms with Gasteiger partial charge in [-0.2, -0.15) is 5.10 Å². The van der Waals surface area contributed by atoms with Gasteiger partial charge < -0.3 is 5.32 Å². The molecule has 1 N–H and O–H groups in total. The highest BCUT2D eigenvalue weighted by Gasteiger charge is 2.20. The number of nitrogens with one attached hydrogen (secondary N) is 1. The Morgan fingerprint density at radius 1 is 1.39 bits per heavy atom. The molecule has 0 radical (unpaired) electrons. The third-order valence-electron chi connectivity index (χ3n) is 2.96. The summed E-state index contributed by atoms with van der Waals surface area (Å²) in [6, 6.07) is 8.68. The first-order valence-electron chi connectivity index (χ1n) is 6.11. The number of aryl methyl sites for hydroxylation is 2. The lowest BCUT2D eigenvalue weighted by Gasteiger charge is -2.19. The van der Waals surface area contributed by atoms with E-state index in [1.165, 1.54) is 6.07 Å². The summed E-state index contributed by atoms with van der Waals surface area (Å²) >= 11 is 0. The summed E-state index contributed by atoms with van der Waals surface area (Å²) in [5, 5.41) is 7.63. The second kappa shape index (κ2) is 5.31. The van der Waals surface area contributed by atoms with Crippen LogP contribution >= 0.6 is 0 Å². The van der Waals surface area contributed by atoms with Crippen LogP contribution < -0.4 is 5.32 Å². The Hall–Kier alpha value is -1.68. The minimum Gasteiger partial charge on any atom is -0.305 e. The van der Waals surface area contributed by atoms with E-state index in [0.717, 1.165) is 17.9 Å². The third-order valence-corrected chi connectivity index (χ3v) is 2.96. The highest BCUT2D eigenvalue weighted by Crippen LogP contribution is 2.24. The van der Waals surface area contributed by atoms with E-state index < -0.39 is 0 Å². The van der Waals surface area contributed by atoms with Gasteiger partial charge in [-0.1, -0.05) is 25.1 Å². The van der Waals surface area contributed by atoms with Crippen LogP contribution in [0, 0.1) is 12.7 Å². The minimum absolute atomic E-state index is 0.164. The van der Waals surface area contributed by atoms with Crippen LogP contribution in [-0.2, 0) is 7.05 Å². The van der Waals surface area contributed by atoms with Crippen molar-refractivity contribution in [2.45, 2.75) is 19.9 Å². The lowest BCUT2D eigenvalue weighted by atomic mass is 10.0. The molecule has 1 aromatic carbocycles. The molecule has 1 unspecified atom stereocenters. The van der Waals surface area contributed by atoms with E-state index >= 15 is 0 Å². The Kier molecular flexibility index (Phi) is 3.77. The molecule has 0 fully saturated rings. The molecule has 4 heteroatoms. The number of aromatic nitrogens is 2. The zero-order valence-electron chi connectivity index (χ0n) is 10.9. The van der Waals surface area contributed by atoms with Crippen LogP contribution in [0.1, 0.15) is 29.9 Å². The number of benzene rings is 1. The van der Waals surface area contributed by atoms with Gasteiger partial charge in [0, 0.05) is 12.6 Å². The van der Waals surface area contributed by atoms with E-state index in [2.05, 4.69) is 10.4 Å². The van der Waals surface area contributed by atoms with Gasteiger partial charge in [-0.15, -0.1) is 0 Å². The summed E-state index contributed by atoms with van der Waals surface area (Å²) < 4.78 is 15.7. The number of halogens is 1. The van der Waals surface area contributed by atoms with Crippen molar-refractivity contribution < 1.29 is 4.39 Å². The lowest BCUT2D eigenvalue weighted by molar-refractivity contribution is 0.532. The lowest BCUT2D eigenvalue weighted by Crippen LogP contribution is -2.25. The van der Waals surface area contributed by atoms with Crippen molar-refractivity contribution in [1.82, 2.24) is 15.1 Å². The van der Waals surface area contributed by atoms with Crippen LogP contribution in [0.5, 0.6) is 0 Å². The fourth-order valence-electron chi connectivity index (χ4n) is 2.19. The van der Waals surface area contributed by atoms with Crippen LogP contribution in [0.2, 0.25) is 0 Å². The summed E-state index contributed by atoms with van der Waals surface area (Å²) in [5.41, 5.74) is 2.56. The van der Waals surface area contributed by atoms with Crippen LogP contribution in [0.15, 0.2) is 30.3 Å². The average molecular weight is 247 g/mol. The summed E-state index contributed by atoms with van der Waals surface area (Å²) in [7, 11) is 1.88. The largest absolute Gasteiger partial charge is 0.305 e. The Morgan fingerprint density at radius 2 is 2.11 bits per heavy atom. The molecule has 3 nitrogen and oxygen atoms in total. The molecule has 0 saturated heterocycles. The molecule has 0 saturated carbocycles. The van der Waals surface area contributed by atoms with Crippen molar-refractivity contribution in [2.75, 3.05) is 6.54 Å². The van der Waals surface area contributed by atoms with E-state index in [0.29, 0.717) is 5.56 Å². The maximum Gasteiger partial charge on any atom is 0.128 e. The molecule has 1 heterocycles. The monoisotopic (exact) mass is 247 g/mol. The first-order chi connectivity index (χ1) is 8.63. The molecule has 2 aromatic rings. The number of rotatable bonds is 4. The molecule has 0 spiro atoms. The van der Waals surface area contributed by atoms with E-state index in [9.17, 15) is 4.39 Å². The van der Waals surface area contributed by atoms with Gasteiger partial charge in [0.15, 0.2) is 0 Å². The quantitative estimate of drug-likeness (QED) is 0.900. The Labute approximate surface area is 107 Å². The second-order valence-corrected chi connectivity index (χ2v) is 4.35. The van der Waals surface area contributed by atoms with Gasteiger partial charge in [0.05, 0.1) is 17.4 Å². The third kappa shape index (κ3) is 2.43. The van der Waals surface area contributed by atoms with Gasteiger partial charge in [-0.3, -0.25) is 4.68 Å². The molecule has 0 bridgehead atoms. The molecule has 0 amide bonds. The van der Waals surface area contributed by atoms with Crippen LogP contribution in [0.25, 0.3) is 0 Å².